The molecule has 0 bridgehead atoms. The average Bonchev–Trinajstić information content (AvgIpc) is 2.78. The fourth-order valence-corrected chi connectivity index (χ4v) is 2.12. The van der Waals surface area contributed by atoms with Crippen LogP contribution in [0, 0.1) is 0 Å². The minimum Gasteiger partial charge on any atom is -0.480 e. The van der Waals surface area contributed by atoms with Crippen molar-refractivity contribution in [2.24, 2.45) is 0 Å². The average molecular weight is 266 g/mol. The third-order valence-electron chi connectivity index (χ3n) is 3.45. The monoisotopic (exact) mass is 266 g/mol. The number of carbonyl (C=O) groups is 2. The number of aromatic nitrogens is 2. The standard InChI is InChI=1S/C12H18N4O3/c1-12(3-2-4-12)16-11(19)15-9(10(17)18)5-8-6-13-7-14-8/h6-7,9H,2-5H2,1H3,(H,13,14)(H,17,18)(H2,15,16,19)/t9-/m1/s1. The minimum absolute atomic E-state index is 0.180. The van der Waals surface area contributed by atoms with E-state index in [0.29, 0.717) is 5.69 Å². The number of carboxylic acid groups (broad SMARTS) is 1. The van der Waals surface area contributed by atoms with Crippen LogP contribution in [0.1, 0.15) is 31.9 Å². The smallest absolute Gasteiger partial charge is 0.326 e. The van der Waals surface area contributed by atoms with E-state index in [-0.39, 0.29) is 12.0 Å². The van der Waals surface area contributed by atoms with Gasteiger partial charge in [0.25, 0.3) is 0 Å². The molecule has 19 heavy (non-hydrogen) atoms. The van der Waals surface area contributed by atoms with Crippen molar-refractivity contribution < 1.29 is 14.7 Å². The molecule has 7 heteroatoms. The van der Waals surface area contributed by atoms with Crippen LogP contribution in [0.2, 0.25) is 0 Å². The predicted molar refractivity (Wildman–Crippen MR) is 67.6 cm³/mol. The summed E-state index contributed by atoms with van der Waals surface area (Å²) in [5, 5.41) is 14.4. The minimum atomic E-state index is -1.07. The lowest BCUT2D eigenvalue weighted by Crippen LogP contribution is -2.57. The van der Waals surface area contributed by atoms with Gasteiger partial charge in [-0.2, -0.15) is 0 Å². The van der Waals surface area contributed by atoms with E-state index in [9.17, 15) is 9.59 Å². The maximum absolute atomic E-state index is 11.8. The van der Waals surface area contributed by atoms with Crippen LogP contribution in [-0.2, 0) is 11.2 Å². The Kier molecular flexibility index (Phi) is 3.73. The molecular weight excluding hydrogens is 248 g/mol. The number of aliphatic carboxylic acids is 1. The summed E-state index contributed by atoms with van der Waals surface area (Å²) in [4.78, 5) is 29.6. The number of rotatable bonds is 5. The van der Waals surface area contributed by atoms with E-state index >= 15 is 0 Å². The fraction of sp³-hybridized carbons (Fsp3) is 0.583. The molecule has 1 aliphatic carbocycles. The van der Waals surface area contributed by atoms with Crippen molar-refractivity contribution in [2.45, 2.75) is 44.2 Å². The largest absolute Gasteiger partial charge is 0.480 e. The van der Waals surface area contributed by atoms with Crippen LogP contribution < -0.4 is 10.6 Å². The number of H-pyrrole nitrogens is 1. The van der Waals surface area contributed by atoms with Crippen LogP contribution in [0.3, 0.4) is 0 Å². The lowest BCUT2D eigenvalue weighted by atomic mass is 9.79. The highest BCUT2D eigenvalue weighted by Crippen LogP contribution is 2.30. The first kappa shape index (κ1) is 13.4. The third-order valence-corrected chi connectivity index (χ3v) is 3.45. The summed E-state index contributed by atoms with van der Waals surface area (Å²) in [5.74, 6) is -1.07. The number of nitrogens with zero attached hydrogens (tertiary/aromatic N) is 1. The highest BCUT2D eigenvalue weighted by molar-refractivity contribution is 5.83. The van der Waals surface area contributed by atoms with Crippen LogP contribution in [0.5, 0.6) is 0 Å². The van der Waals surface area contributed by atoms with Gasteiger partial charge in [-0.3, -0.25) is 0 Å². The maximum Gasteiger partial charge on any atom is 0.326 e. The first-order valence-electron chi connectivity index (χ1n) is 6.27. The normalized spacial score (nSPS) is 18.2. The Morgan fingerprint density at radius 1 is 1.58 bits per heavy atom. The van der Waals surface area contributed by atoms with Gasteiger partial charge in [0.05, 0.1) is 6.33 Å². The number of imidazole rings is 1. The second kappa shape index (κ2) is 5.29. The van der Waals surface area contributed by atoms with E-state index in [1.54, 1.807) is 6.20 Å². The summed E-state index contributed by atoms with van der Waals surface area (Å²) in [6.07, 6.45) is 6.15. The quantitative estimate of drug-likeness (QED) is 0.627. The van der Waals surface area contributed by atoms with Gasteiger partial charge in [0.15, 0.2) is 0 Å². The number of amides is 2. The molecule has 0 aromatic carbocycles. The lowest BCUT2D eigenvalue weighted by Gasteiger charge is -2.39. The van der Waals surface area contributed by atoms with Gasteiger partial charge in [0.1, 0.15) is 6.04 Å². The van der Waals surface area contributed by atoms with Crippen molar-refractivity contribution in [3.8, 4) is 0 Å². The SMILES string of the molecule is CC1(NC(=O)N[C@H](Cc2cnc[nH]2)C(=O)O)CCC1. The number of carboxylic acids is 1. The molecule has 1 saturated carbocycles. The second-order valence-electron chi connectivity index (χ2n) is 5.18. The molecule has 104 valence electrons. The van der Waals surface area contributed by atoms with E-state index in [1.165, 1.54) is 6.33 Å². The molecule has 2 amide bonds. The van der Waals surface area contributed by atoms with Crippen molar-refractivity contribution >= 4 is 12.0 Å². The summed E-state index contributed by atoms with van der Waals surface area (Å²) >= 11 is 0. The number of hydrogen-bond acceptors (Lipinski definition) is 3. The fourth-order valence-electron chi connectivity index (χ4n) is 2.12. The molecule has 2 rings (SSSR count). The Bertz CT molecular complexity index is 454. The highest BCUT2D eigenvalue weighted by Gasteiger charge is 2.34. The van der Waals surface area contributed by atoms with E-state index in [2.05, 4.69) is 20.6 Å². The van der Waals surface area contributed by atoms with Crippen LogP contribution >= 0.6 is 0 Å². The Morgan fingerprint density at radius 3 is 2.79 bits per heavy atom. The van der Waals surface area contributed by atoms with Gasteiger partial charge in [-0.25, -0.2) is 14.6 Å². The highest BCUT2D eigenvalue weighted by atomic mass is 16.4. The van der Waals surface area contributed by atoms with Crippen molar-refractivity contribution in [1.82, 2.24) is 20.6 Å². The van der Waals surface area contributed by atoms with Gasteiger partial charge in [-0.1, -0.05) is 0 Å². The van der Waals surface area contributed by atoms with Crippen molar-refractivity contribution in [2.75, 3.05) is 0 Å². The van der Waals surface area contributed by atoms with E-state index in [1.807, 2.05) is 6.92 Å². The number of carbonyl (C=O) groups excluding carboxylic acids is 1. The molecule has 1 aliphatic rings. The van der Waals surface area contributed by atoms with E-state index < -0.39 is 18.0 Å². The Hall–Kier alpha value is -2.05. The molecule has 1 atom stereocenters. The van der Waals surface area contributed by atoms with E-state index in [0.717, 1.165) is 19.3 Å². The van der Waals surface area contributed by atoms with Gasteiger partial charge in [0.2, 0.25) is 0 Å². The molecule has 0 aliphatic heterocycles. The van der Waals surface area contributed by atoms with Crippen molar-refractivity contribution in [3.05, 3.63) is 18.2 Å². The Balaban J connectivity index is 1.89. The predicted octanol–water partition coefficient (Wildman–Crippen LogP) is 0.647. The molecule has 0 saturated heterocycles. The van der Waals surface area contributed by atoms with Crippen molar-refractivity contribution in [3.63, 3.8) is 0 Å². The number of hydrogen-bond donors (Lipinski definition) is 4. The third kappa shape index (κ3) is 3.46. The molecule has 1 aromatic rings. The summed E-state index contributed by atoms with van der Waals surface area (Å²) in [6.45, 7) is 1.96. The Labute approximate surface area is 110 Å². The summed E-state index contributed by atoms with van der Waals surface area (Å²) in [5.41, 5.74) is 0.476. The molecule has 4 N–H and O–H groups in total. The second-order valence-corrected chi connectivity index (χ2v) is 5.18. The number of nitrogens with one attached hydrogen (secondary N) is 3. The molecule has 7 nitrogen and oxygen atoms in total. The molecule has 0 spiro atoms. The first-order valence-corrected chi connectivity index (χ1v) is 6.27. The van der Waals surface area contributed by atoms with Crippen LogP contribution in [0.4, 0.5) is 4.79 Å². The topological polar surface area (TPSA) is 107 Å². The van der Waals surface area contributed by atoms with Gasteiger partial charge < -0.3 is 20.7 Å². The summed E-state index contributed by atoms with van der Waals surface area (Å²) < 4.78 is 0. The molecule has 1 aromatic heterocycles. The van der Waals surface area contributed by atoms with Gasteiger partial charge in [0, 0.05) is 23.9 Å². The first-order chi connectivity index (χ1) is 8.98. The Morgan fingerprint density at radius 2 is 2.32 bits per heavy atom. The molecule has 0 unspecified atom stereocenters. The molecule has 0 radical (unpaired) electrons. The zero-order chi connectivity index (χ0) is 13.9. The van der Waals surface area contributed by atoms with Crippen molar-refractivity contribution in [1.29, 1.82) is 0 Å². The van der Waals surface area contributed by atoms with Gasteiger partial charge in [-0.05, 0) is 26.2 Å². The molecular formula is C12H18N4O3. The van der Waals surface area contributed by atoms with Crippen LogP contribution in [-0.4, -0.2) is 38.7 Å². The zero-order valence-electron chi connectivity index (χ0n) is 10.8. The van der Waals surface area contributed by atoms with Gasteiger partial charge in [-0.15, -0.1) is 0 Å². The van der Waals surface area contributed by atoms with Crippen LogP contribution in [0.15, 0.2) is 12.5 Å². The number of aromatic amines is 1. The maximum atomic E-state index is 11.8. The van der Waals surface area contributed by atoms with E-state index in [4.69, 9.17) is 5.11 Å². The zero-order valence-corrected chi connectivity index (χ0v) is 10.8. The molecule has 1 fully saturated rings. The summed E-state index contributed by atoms with van der Waals surface area (Å²) in [7, 11) is 0. The lowest BCUT2D eigenvalue weighted by molar-refractivity contribution is -0.139. The van der Waals surface area contributed by atoms with Crippen LogP contribution in [0.25, 0.3) is 0 Å². The molecule has 1 heterocycles. The number of urea groups is 1. The van der Waals surface area contributed by atoms with Gasteiger partial charge >= 0.3 is 12.0 Å². The summed E-state index contributed by atoms with van der Waals surface area (Å²) in [6, 6.07) is -1.40.